The number of hydrogen-bond acceptors (Lipinski definition) is 7. The van der Waals surface area contributed by atoms with E-state index in [1.807, 2.05) is 40.9 Å². The summed E-state index contributed by atoms with van der Waals surface area (Å²) in [4.78, 5) is 1.17. The van der Waals surface area contributed by atoms with Gasteiger partial charge in [0.2, 0.25) is 0 Å². The minimum atomic E-state index is 0.0589. The van der Waals surface area contributed by atoms with E-state index in [4.69, 9.17) is 0 Å². The van der Waals surface area contributed by atoms with Crippen LogP contribution in [0.25, 0.3) is 58.1 Å². The predicted molar refractivity (Wildman–Crippen MR) is 162 cm³/mol. The molecule has 0 aliphatic carbocycles. The van der Waals surface area contributed by atoms with Crippen LogP contribution in [0.1, 0.15) is 45.1 Å². The second kappa shape index (κ2) is 10.3. The molecule has 1 atom stereocenters. The van der Waals surface area contributed by atoms with Gasteiger partial charge in [0.05, 0.1) is 32.2 Å². The van der Waals surface area contributed by atoms with E-state index in [0.717, 1.165) is 40.4 Å². The number of benzene rings is 2. The lowest BCUT2D eigenvalue weighted by molar-refractivity contribution is 0.401. The Morgan fingerprint density at radius 2 is 1.84 bits per heavy atom. The van der Waals surface area contributed by atoms with Gasteiger partial charge in [-0.15, -0.1) is 22.7 Å². The molecule has 1 unspecified atom stereocenters. The predicted octanol–water partition coefficient (Wildman–Crippen LogP) is 9.39. The highest BCUT2D eigenvalue weighted by atomic mass is 32.1. The Bertz CT molecular complexity index is 1900. The first-order chi connectivity index (χ1) is 18.7. The molecule has 0 aliphatic rings. The molecule has 0 saturated carbocycles. The maximum absolute atomic E-state index is 9.22. The number of thiophene rings is 2. The van der Waals surface area contributed by atoms with Crippen LogP contribution in [-0.2, 0) is 6.54 Å². The van der Waals surface area contributed by atoms with Crippen LogP contribution in [0, 0.1) is 28.6 Å². The van der Waals surface area contributed by atoms with Gasteiger partial charge in [-0.1, -0.05) is 63.4 Å². The monoisotopic (exact) mass is 551 g/mol. The van der Waals surface area contributed by atoms with E-state index >= 15 is 0 Å². The van der Waals surface area contributed by atoms with Crippen molar-refractivity contribution in [3.8, 4) is 22.6 Å². The number of rotatable bonds is 8. The van der Waals surface area contributed by atoms with Crippen molar-refractivity contribution in [3.63, 3.8) is 0 Å². The van der Waals surface area contributed by atoms with E-state index in [2.05, 4.69) is 63.6 Å². The smallest absolute Gasteiger partial charge is 0.130 e. The summed E-state index contributed by atoms with van der Waals surface area (Å²) >= 11 is 4.87. The number of unbranched alkanes of at least 4 members (excludes halogenated alkanes) is 1. The van der Waals surface area contributed by atoms with Crippen LogP contribution in [0.3, 0.4) is 0 Å². The average Bonchev–Trinajstić information content (AvgIpc) is 3.72. The number of fused-ring (bicyclic) bond motifs is 6. The van der Waals surface area contributed by atoms with E-state index in [1.165, 1.54) is 61.1 Å². The van der Waals surface area contributed by atoms with Crippen LogP contribution >= 0.6 is 34.4 Å². The average molecular weight is 552 g/mol. The van der Waals surface area contributed by atoms with Crippen molar-refractivity contribution in [2.75, 3.05) is 0 Å². The molecule has 188 valence electrons. The standard InChI is InChI=1S/C30H25N5S3/c1-3-5-8-18(4-2)17-35-23-14-25(37-29(23)30-28(35)22-9-6-7-10-24(22)36-30)21-12-11-20(13-19(15-31)16-32)26-27(21)34-38-33-26/h6-7,9-14,18H,3-5,8,17H2,1-2H3. The van der Waals surface area contributed by atoms with Gasteiger partial charge in [0.1, 0.15) is 28.7 Å². The van der Waals surface area contributed by atoms with Gasteiger partial charge in [0.15, 0.2) is 0 Å². The zero-order chi connectivity index (χ0) is 26.2. The summed E-state index contributed by atoms with van der Waals surface area (Å²) in [5.74, 6) is 0.644. The Morgan fingerprint density at radius 3 is 2.63 bits per heavy atom. The maximum atomic E-state index is 9.22. The topological polar surface area (TPSA) is 78.3 Å². The van der Waals surface area contributed by atoms with Gasteiger partial charge in [0, 0.05) is 32.6 Å². The van der Waals surface area contributed by atoms with Crippen LogP contribution < -0.4 is 0 Å². The van der Waals surface area contributed by atoms with Gasteiger partial charge in [-0.05, 0) is 30.5 Å². The van der Waals surface area contributed by atoms with E-state index in [0.29, 0.717) is 5.92 Å². The SMILES string of the molecule is CCCCC(CC)Cn1c2cc(-c3ccc(C=C(C#N)C#N)c4nsnc34)sc2c2sc3ccccc3c21. The number of allylic oxidation sites excluding steroid dienone is 1. The Morgan fingerprint density at radius 1 is 1.03 bits per heavy atom. The van der Waals surface area contributed by atoms with Gasteiger partial charge >= 0.3 is 0 Å². The number of nitrogens with zero attached hydrogens (tertiary/aromatic N) is 5. The van der Waals surface area contributed by atoms with E-state index in [1.54, 1.807) is 6.08 Å². The van der Waals surface area contributed by atoms with Crippen molar-refractivity contribution in [2.24, 2.45) is 5.92 Å². The lowest BCUT2D eigenvalue weighted by atomic mass is 9.99. The van der Waals surface area contributed by atoms with Crippen LogP contribution in [0.2, 0.25) is 0 Å². The number of hydrogen-bond donors (Lipinski definition) is 0. The van der Waals surface area contributed by atoms with Crippen molar-refractivity contribution in [2.45, 2.75) is 46.1 Å². The van der Waals surface area contributed by atoms with E-state index in [-0.39, 0.29) is 5.57 Å². The Balaban J connectivity index is 1.54. The highest BCUT2D eigenvalue weighted by molar-refractivity contribution is 7.32. The zero-order valence-electron chi connectivity index (χ0n) is 21.2. The fourth-order valence-electron chi connectivity index (χ4n) is 5.26. The first-order valence-electron chi connectivity index (χ1n) is 12.9. The minimum absolute atomic E-state index is 0.0589. The summed E-state index contributed by atoms with van der Waals surface area (Å²) < 4.78 is 15.7. The van der Waals surface area contributed by atoms with Crippen molar-refractivity contribution in [1.29, 1.82) is 10.5 Å². The molecule has 4 aromatic heterocycles. The molecule has 6 rings (SSSR count). The van der Waals surface area contributed by atoms with Crippen LogP contribution in [0.15, 0.2) is 48.0 Å². The third kappa shape index (κ3) is 4.10. The first kappa shape index (κ1) is 24.8. The highest BCUT2D eigenvalue weighted by Gasteiger charge is 2.22. The lowest BCUT2D eigenvalue weighted by Gasteiger charge is -2.17. The molecule has 0 aliphatic heterocycles. The fourth-order valence-corrected chi connectivity index (χ4v) is 8.38. The zero-order valence-corrected chi connectivity index (χ0v) is 23.6. The van der Waals surface area contributed by atoms with Crippen molar-refractivity contribution in [3.05, 3.63) is 53.6 Å². The molecule has 0 spiro atoms. The Kier molecular flexibility index (Phi) is 6.71. The van der Waals surface area contributed by atoms with E-state index in [9.17, 15) is 10.5 Å². The highest BCUT2D eigenvalue weighted by Crippen LogP contribution is 2.47. The molecule has 0 radical (unpaired) electrons. The summed E-state index contributed by atoms with van der Waals surface area (Å²) in [6.45, 7) is 5.61. The second-order valence-electron chi connectivity index (χ2n) is 9.57. The van der Waals surface area contributed by atoms with E-state index < -0.39 is 0 Å². The normalized spacial score (nSPS) is 12.3. The quantitative estimate of drug-likeness (QED) is 0.177. The number of nitriles is 2. The van der Waals surface area contributed by atoms with Crippen LogP contribution in [0.4, 0.5) is 0 Å². The summed E-state index contributed by atoms with van der Waals surface area (Å²) in [5, 5.41) is 19.8. The Labute approximate surface area is 233 Å². The molecule has 0 amide bonds. The molecule has 38 heavy (non-hydrogen) atoms. The van der Waals surface area contributed by atoms with Gasteiger partial charge in [-0.25, -0.2) is 0 Å². The van der Waals surface area contributed by atoms with Gasteiger partial charge in [-0.2, -0.15) is 19.3 Å². The Hall–Kier alpha value is -3.56. The fraction of sp³-hybridized carbons (Fsp3) is 0.267. The van der Waals surface area contributed by atoms with Gasteiger partial charge < -0.3 is 4.57 Å². The molecule has 6 aromatic rings. The molecule has 0 bridgehead atoms. The third-order valence-corrected chi connectivity index (χ3v) is 10.3. The lowest BCUT2D eigenvalue weighted by Crippen LogP contribution is -2.09. The second-order valence-corrected chi connectivity index (χ2v) is 12.2. The maximum Gasteiger partial charge on any atom is 0.130 e. The third-order valence-electron chi connectivity index (χ3n) is 7.29. The molecule has 0 fully saturated rings. The summed E-state index contributed by atoms with van der Waals surface area (Å²) in [6, 6.07) is 19.0. The van der Waals surface area contributed by atoms with Crippen molar-refractivity contribution >= 4 is 82.0 Å². The van der Waals surface area contributed by atoms with Gasteiger partial charge in [0.25, 0.3) is 0 Å². The first-order valence-corrected chi connectivity index (χ1v) is 15.2. The minimum Gasteiger partial charge on any atom is -0.338 e. The molecule has 0 N–H and O–H groups in total. The molecule has 4 heterocycles. The number of aromatic nitrogens is 3. The summed E-state index contributed by atoms with van der Waals surface area (Å²) in [7, 11) is 0. The molecular weight excluding hydrogens is 527 g/mol. The summed E-state index contributed by atoms with van der Waals surface area (Å²) in [6.07, 6.45) is 6.51. The van der Waals surface area contributed by atoms with Crippen molar-refractivity contribution in [1.82, 2.24) is 13.3 Å². The van der Waals surface area contributed by atoms with Crippen LogP contribution in [0.5, 0.6) is 0 Å². The summed E-state index contributed by atoms with van der Waals surface area (Å²) in [5.41, 5.74) is 6.06. The largest absolute Gasteiger partial charge is 0.338 e. The molecular formula is C30H25N5S3. The van der Waals surface area contributed by atoms with Crippen LogP contribution in [-0.4, -0.2) is 13.3 Å². The van der Waals surface area contributed by atoms with Crippen molar-refractivity contribution < 1.29 is 0 Å². The molecule has 2 aromatic carbocycles. The molecule has 5 nitrogen and oxygen atoms in total. The van der Waals surface area contributed by atoms with Gasteiger partial charge in [-0.3, -0.25) is 0 Å². The molecule has 0 saturated heterocycles. The molecule has 8 heteroatoms.